The first-order chi connectivity index (χ1) is 8.92. The number of amides is 1. The van der Waals surface area contributed by atoms with Gasteiger partial charge in [0.1, 0.15) is 6.04 Å². The van der Waals surface area contributed by atoms with E-state index in [1.807, 2.05) is 20.8 Å². The molecular formula is C11H18ClN5O2. The van der Waals surface area contributed by atoms with E-state index in [1.165, 1.54) is 0 Å². The molecule has 106 valence electrons. The van der Waals surface area contributed by atoms with Crippen LogP contribution in [0.25, 0.3) is 0 Å². The van der Waals surface area contributed by atoms with Gasteiger partial charge in [0.25, 0.3) is 0 Å². The van der Waals surface area contributed by atoms with E-state index >= 15 is 0 Å². The number of anilines is 1. The van der Waals surface area contributed by atoms with E-state index in [0.717, 1.165) is 0 Å². The molecule has 1 atom stereocenters. The summed E-state index contributed by atoms with van der Waals surface area (Å²) in [4.78, 5) is 23.4. The Morgan fingerprint density at radius 1 is 1.32 bits per heavy atom. The lowest BCUT2D eigenvalue weighted by Gasteiger charge is -2.14. The summed E-state index contributed by atoms with van der Waals surface area (Å²) in [6.45, 7) is 7.80. The second-order valence-corrected chi connectivity index (χ2v) is 4.48. The van der Waals surface area contributed by atoms with Gasteiger partial charge in [0.05, 0.1) is 6.10 Å². The molecule has 1 rings (SSSR count). The molecule has 0 saturated carbocycles. The molecular weight excluding hydrogens is 270 g/mol. The summed E-state index contributed by atoms with van der Waals surface area (Å²) in [5, 5.41) is 5.54. The molecule has 0 radical (unpaired) electrons. The lowest BCUT2D eigenvalue weighted by molar-refractivity contribution is -0.121. The van der Waals surface area contributed by atoms with Crippen molar-refractivity contribution < 1.29 is 9.53 Å². The highest BCUT2D eigenvalue weighted by atomic mass is 35.5. The van der Waals surface area contributed by atoms with E-state index in [9.17, 15) is 4.79 Å². The van der Waals surface area contributed by atoms with Gasteiger partial charge in [-0.2, -0.15) is 15.0 Å². The third kappa shape index (κ3) is 5.25. The molecule has 1 heterocycles. The zero-order valence-corrected chi connectivity index (χ0v) is 12.2. The highest BCUT2D eigenvalue weighted by Gasteiger charge is 2.14. The first-order valence-corrected chi connectivity index (χ1v) is 6.42. The number of likely N-dealkylation sites (N-methyl/N-ethyl adjacent to an activating group) is 1. The summed E-state index contributed by atoms with van der Waals surface area (Å²) >= 11 is 5.77. The van der Waals surface area contributed by atoms with Crippen molar-refractivity contribution in [1.82, 2.24) is 20.3 Å². The van der Waals surface area contributed by atoms with Crippen LogP contribution in [0.1, 0.15) is 27.7 Å². The summed E-state index contributed by atoms with van der Waals surface area (Å²) in [5.41, 5.74) is 0. The molecule has 1 aromatic heterocycles. The predicted octanol–water partition coefficient (Wildman–Crippen LogP) is 1.25. The quantitative estimate of drug-likeness (QED) is 0.818. The van der Waals surface area contributed by atoms with Gasteiger partial charge in [-0.1, -0.05) is 0 Å². The van der Waals surface area contributed by atoms with Crippen LogP contribution in [0.15, 0.2) is 0 Å². The van der Waals surface area contributed by atoms with Crippen molar-refractivity contribution in [1.29, 1.82) is 0 Å². The summed E-state index contributed by atoms with van der Waals surface area (Å²) in [6.07, 6.45) is -0.0767. The van der Waals surface area contributed by atoms with Crippen molar-refractivity contribution in [2.24, 2.45) is 0 Å². The number of nitrogens with one attached hydrogen (secondary N) is 2. The first-order valence-electron chi connectivity index (χ1n) is 6.04. The molecule has 7 nitrogen and oxygen atoms in total. The van der Waals surface area contributed by atoms with Crippen LogP contribution >= 0.6 is 11.6 Å². The van der Waals surface area contributed by atoms with E-state index in [0.29, 0.717) is 6.54 Å². The maximum absolute atomic E-state index is 11.6. The fraction of sp³-hybridized carbons (Fsp3) is 0.636. The van der Waals surface area contributed by atoms with Crippen LogP contribution in [-0.2, 0) is 4.79 Å². The van der Waals surface area contributed by atoms with Crippen LogP contribution in [0.4, 0.5) is 5.95 Å². The minimum Gasteiger partial charge on any atom is -0.461 e. The molecule has 8 heteroatoms. The zero-order chi connectivity index (χ0) is 14.4. The van der Waals surface area contributed by atoms with Gasteiger partial charge in [0.15, 0.2) is 0 Å². The third-order valence-corrected chi connectivity index (χ3v) is 2.19. The second kappa shape index (κ2) is 7.08. The molecule has 2 N–H and O–H groups in total. The average molecular weight is 288 g/mol. The Morgan fingerprint density at radius 3 is 2.58 bits per heavy atom. The van der Waals surface area contributed by atoms with Crippen LogP contribution in [0.3, 0.4) is 0 Å². The average Bonchev–Trinajstić information content (AvgIpc) is 2.27. The topological polar surface area (TPSA) is 89.0 Å². The van der Waals surface area contributed by atoms with Crippen molar-refractivity contribution >= 4 is 23.5 Å². The number of hydrogen-bond donors (Lipinski definition) is 2. The molecule has 0 aliphatic carbocycles. The summed E-state index contributed by atoms with van der Waals surface area (Å²) in [7, 11) is 0. The van der Waals surface area contributed by atoms with E-state index in [1.54, 1.807) is 6.92 Å². The number of aromatic nitrogens is 3. The van der Waals surface area contributed by atoms with Crippen LogP contribution in [0.5, 0.6) is 6.01 Å². The minimum atomic E-state index is -0.481. The number of carbonyl (C=O) groups excluding carboxylic acids is 1. The van der Waals surface area contributed by atoms with Gasteiger partial charge >= 0.3 is 6.01 Å². The lowest BCUT2D eigenvalue weighted by Crippen LogP contribution is -2.37. The van der Waals surface area contributed by atoms with Crippen molar-refractivity contribution in [2.75, 3.05) is 11.9 Å². The van der Waals surface area contributed by atoms with Crippen LogP contribution < -0.4 is 15.4 Å². The molecule has 0 aliphatic rings. The maximum Gasteiger partial charge on any atom is 0.322 e. The highest BCUT2D eigenvalue weighted by Crippen LogP contribution is 2.13. The Balaban J connectivity index is 2.77. The van der Waals surface area contributed by atoms with Gasteiger partial charge in [0, 0.05) is 6.54 Å². The van der Waals surface area contributed by atoms with Gasteiger partial charge in [-0.05, 0) is 39.3 Å². The summed E-state index contributed by atoms with van der Waals surface area (Å²) in [6, 6.07) is -0.356. The van der Waals surface area contributed by atoms with Crippen molar-refractivity contribution in [3.63, 3.8) is 0 Å². The normalized spacial score (nSPS) is 12.1. The monoisotopic (exact) mass is 287 g/mol. The Morgan fingerprint density at radius 2 is 2.00 bits per heavy atom. The van der Waals surface area contributed by atoms with Crippen molar-refractivity contribution in [3.8, 4) is 6.01 Å². The number of rotatable bonds is 6. The molecule has 0 aromatic carbocycles. The first kappa shape index (κ1) is 15.4. The molecule has 1 aromatic rings. The molecule has 0 fully saturated rings. The molecule has 0 aliphatic heterocycles. The molecule has 0 spiro atoms. The summed E-state index contributed by atoms with van der Waals surface area (Å²) in [5.74, 6) is 0.0553. The molecule has 0 saturated heterocycles. The van der Waals surface area contributed by atoms with Crippen LogP contribution in [0, 0.1) is 0 Å². The largest absolute Gasteiger partial charge is 0.461 e. The van der Waals surface area contributed by atoms with Gasteiger partial charge < -0.3 is 15.4 Å². The zero-order valence-electron chi connectivity index (χ0n) is 11.4. The van der Waals surface area contributed by atoms with E-state index in [2.05, 4.69) is 25.6 Å². The van der Waals surface area contributed by atoms with Crippen molar-refractivity contribution in [2.45, 2.75) is 39.8 Å². The van der Waals surface area contributed by atoms with Crippen molar-refractivity contribution in [3.05, 3.63) is 5.28 Å². The number of hydrogen-bond acceptors (Lipinski definition) is 6. The standard InChI is InChI=1S/C11H18ClN5O2/c1-5-13-8(18)7(4)14-10-15-9(12)16-11(17-10)19-6(2)3/h6-7H,5H2,1-4H3,(H,13,18)(H,14,15,16,17). The minimum absolute atomic E-state index is 0.0104. The molecule has 1 unspecified atom stereocenters. The SMILES string of the molecule is CCNC(=O)C(C)Nc1nc(Cl)nc(OC(C)C)n1. The smallest absolute Gasteiger partial charge is 0.322 e. The fourth-order valence-corrected chi connectivity index (χ4v) is 1.40. The molecule has 0 bridgehead atoms. The van der Waals surface area contributed by atoms with Gasteiger partial charge in [-0.25, -0.2) is 0 Å². The second-order valence-electron chi connectivity index (χ2n) is 4.14. The predicted molar refractivity (Wildman–Crippen MR) is 72.4 cm³/mol. The van der Waals surface area contributed by atoms with Gasteiger partial charge in [0.2, 0.25) is 17.1 Å². The van der Waals surface area contributed by atoms with E-state index < -0.39 is 6.04 Å². The maximum atomic E-state index is 11.6. The molecule has 1 amide bonds. The van der Waals surface area contributed by atoms with Crippen LogP contribution in [0.2, 0.25) is 5.28 Å². The van der Waals surface area contributed by atoms with Gasteiger partial charge in [-0.15, -0.1) is 0 Å². The third-order valence-electron chi connectivity index (χ3n) is 2.02. The fourth-order valence-electron chi connectivity index (χ4n) is 1.25. The Labute approximate surface area is 117 Å². The molecule has 19 heavy (non-hydrogen) atoms. The number of carbonyl (C=O) groups is 1. The number of halogens is 1. The summed E-state index contributed by atoms with van der Waals surface area (Å²) < 4.78 is 5.34. The highest BCUT2D eigenvalue weighted by molar-refractivity contribution is 6.28. The van der Waals surface area contributed by atoms with E-state index in [4.69, 9.17) is 16.3 Å². The Hall–Kier alpha value is -1.63. The van der Waals surface area contributed by atoms with E-state index in [-0.39, 0.29) is 29.3 Å². The number of nitrogens with zero attached hydrogens (tertiary/aromatic N) is 3. The lowest BCUT2D eigenvalue weighted by atomic mass is 10.3. The van der Waals surface area contributed by atoms with Crippen LogP contribution in [-0.4, -0.2) is 39.5 Å². The number of ether oxygens (including phenoxy) is 1. The Kier molecular flexibility index (Phi) is 5.75. The van der Waals surface area contributed by atoms with Gasteiger partial charge in [-0.3, -0.25) is 4.79 Å². The Bertz CT molecular complexity index is 441.